The molecule has 1 spiro atoms. The standard InChI is InChI=1S/C22H28N4O2/c1-23-13-17-12-22(11-10-19(17)16-6-4-3-5-7-16)15-26(21(27)25-22)18-8-9-20(28-2)24-14-18/h3-9,14,17,19,23H,10-13,15H2,1-2H3,(H,25,27)/t17?,19?,22-/m1/s1. The van der Waals surface area contributed by atoms with E-state index in [1.54, 1.807) is 19.4 Å². The van der Waals surface area contributed by atoms with Gasteiger partial charge < -0.3 is 15.4 Å². The molecule has 2 unspecified atom stereocenters. The third-order valence-electron chi connectivity index (χ3n) is 6.17. The Hall–Kier alpha value is -2.60. The molecule has 1 aliphatic heterocycles. The summed E-state index contributed by atoms with van der Waals surface area (Å²) in [5.74, 6) is 1.55. The number of benzene rings is 1. The van der Waals surface area contributed by atoms with Gasteiger partial charge in [-0.3, -0.25) is 4.90 Å². The van der Waals surface area contributed by atoms with Crippen molar-refractivity contribution in [3.8, 4) is 5.88 Å². The van der Waals surface area contributed by atoms with Crippen LogP contribution >= 0.6 is 0 Å². The number of amides is 2. The van der Waals surface area contributed by atoms with Gasteiger partial charge in [0.15, 0.2) is 0 Å². The van der Waals surface area contributed by atoms with Gasteiger partial charge in [0.25, 0.3) is 0 Å². The number of anilines is 1. The number of urea groups is 1. The molecule has 28 heavy (non-hydrogen) atoms. The van der Waals surface area contributed by atoms with Crippen molar-refractivity contribution in [1.29, 1.82) is 0 Å². The van der Waals surface area contributed by atoms with E-state index in [-0.39, 0.29) is 11.6 Å². The van der Waals surface area contributed by atoms with E-state index >= 15 is 0 Å². The number of ether oxygens (including phenoxy) is 1. The zero-order valence-electron chi connectivity index (χ0n) is 16.5. The summed E-state index contributed by atoms with van der Waals surface area (Å²) in [5.41, 5.74) is 2.03. The van der Waals surface area contributed by atoms with Gasteiger partial charge in [0.05, 0.1) is 31.1 Å². The number of aromatic nitrogens is 1. The van der Waals surface area contributed by atoms with Gasteiger partial charge in [-0.25, -0.2) is 9.78 Å². The molecule has 6 heteroatoms. The summed E-state index contributed by atoms with van der Waals surface area (Å²) in [7, 11) is 3.60. The van der Waals surface area contributed by atoms with Crippen LogP contribution < -0.4 is 20.3 Å². The molecular weight excluding hydrogens is 352 g/mol. The molecule has 2 fully saturated rings. The van der Waals surface area contributed by atoms with Crippen LogP contribution in [0, 0.1) is 5.92 Å². The monoisotopic (exact) mass is 380 g/mol. The van der Waals surface area contributed by atoms with Crippen molar-refractivity contribution >= 4 is 11.7 Å². The molecule has 2 amide bonds. The number of rotatable bonds is 5. The second kappa shape index (κ2) is 7.80. The maximum atomic E-state index is 12.8. The molecule has 2 N–H and O–H groups in total. The summed E-state index contributed by atoms with van der Waals surface area (Å²) < 4.78 is 5.13. The Morgan fingerprint density at radius 2 is 2.11 bits per heavy atom. The lowest BCUT2D eigenvalue weighted by Gasteiger charge is -2.42. The van der Waals surface area contributed by atoms with Crippen LogP contribution in [-0.4, -0.2) is 43.8 Å². The van der Waals surface area contributed by atoms with Gasteiger partial charge in [0.2, 0.25) is 5.88 Å². The van der Waals surface area contributed by atoms with E-state index in [0.29, 0.717) is 24.3 Å². The van der Waals surface area contributed by atoms with Gasteiger partial charge in [-0.15, -0.1) is 0 Å². The first-order valence-electron chi connectivity index (χ1n) is 9.93. The highest BCUT2D eigenvalue weighted by Crippen LogP contribution is 2.44. The Kier molecular flexibility index (Phi) is 5.22. The van der Waals surface area contributed by atoms with Crippen molar-refractivity contribution in [3.05, 3.63) is 54.2 Å². The summed E-state index contributed by atoms with van der Waals surface area (Å²) in [5, 5.41) is 6.67. The van der Waals surface area contributed by atoms with E-state index in [4.69, 9.17) is 4.74 Å². The molecule has 1 aliphatic carbocycles. The summed E-state index contributed by atoms with van der Waals surface area (Å²) in [6.07, 6.45) is 4.74. The number of carbonyl (C=O) groups excluding carboxylic acids is 1. The van der Waals surface area contributed by atoms with Crippen molar-refractivity contribution < 1.29 is 9.53 Å². The number of methoxy groups -OCH3 is 1. The van der Waals surface area contributed by atoms with E-state index in [0.717, 1.165) is 31.5 Å². The van der Waals surface area contributed by atoms with Gasteiger partial charge in [0, 0.05) is 6.07 Å². The molecule has 0 radical (unpaired) electrons. The average Bonchev–Trinajstić information content (AvgIpc) is 3.04. The van der Waals surface area contributed by atoms with Gasteiger partial charge in [0.1, 0.15) is 0 Å². The number of nitrogens with zero attached hydrogens (tertiary/aromatic N) is 2. The highest BCUT2D eigenvalue weighted by molar-refractivity contribution is 5.95. The van der Waals surface area contributed by atoms with Crippen molar-refractivity contribution in [1.82, 2.24) is 15.6 Å². The second-order valence-corrected chi connectivity index (χ2v) is 7.93. The minimum Gasteiger partial charge on any atom is -0.481 e. The highest BCUT2D eigenvalue weighted by Gasteiger charge is 2.48. The molecule has 2 heterocycles. The SMILES string of the molecule is CNCC1C[C@]2(CCC1c1ccccc1)CN(c1ccc(OC)nc1)C(=O)N2. The minimum atomic E-state index is -0.177. The Morgan fingerprint density at radius 3 is 2.79 bits per heavy atom. The van der Waals surface area contributed by atoms with Crippen molar-refractivity contribution in [2.24, 2.45) is 5.92 Å². The van der Waals surface area contributed by atoms with E-state index < -0.39 is 0 Å². The first-order chi connectivity index (χ1) is 13.6. The fourth-order valence-corrected chi connectivity index (χ4v) is 4.86. The Morgan fingerprint density at radius 1 is 1.29 bits per heavy atom. The van der Waals surface area contributed by atoms with Gasteiger partial charge in [-0.2, -0.15) is 0 Å². The predicted molar refractivity (Wildman–Crippen MR) is 110 cm³/mol. The van der Waals surface area contributed by atoms with Crippen molar-refractivity contribution in [2.45, 2.75) is 30.7 Å². The Bertz CT molecular complexity index is 811. The van der Waals surface area contributed by atoms with Crippen molar-refractivity contribution in [2.75, 3.05) is 32.1 Å². The summed E-state index contributed by atoms with van der Waals surface area (Å²) in [6.45, 7) is 1.63. The van der Waals surface area contributed by atoms with Crippen LogP contribution in [0.5, 0.6) is 5.88 Å². The molecule has 1 aromatic heterocycles. The molecule has 6 nitrogen and oxygen atoms in total. The topological polar surface area (TPSA) is 66.5 Å². The molecular formula is C22H28N4O2. The minimum absolute atomic E-state index is 0.0339. The lowest BCUT2D eigenvalue weighted by Crippen LogP contribution is -2.50. The molecule has 0 bridgehead atoms. The predicted octanol–water partition coefficient (Wildman–Crippen LogP) is 3.16. The molecule has 2 aliphatic rings. The normalized spacial score (nSPS) is 27.1. The average molecular weight is 380 g/mol. The number of hydrogen-bond acceptors (Lipinski definition) is 4. The number of nitrogens with one attached hydrogen (secondary N) is 2. The maximum absolute atomic E-state index is 12.8. The Balaban J connectivity index is 1.53. The third-order valence-corrected chi connectivity index (χ3v) is 6.17. The highest BCUT2D eigenvalue weighted by atomic mass is 16.5. The van der Waals surface area contributed by atoms with E-state index in [9.17, 15) is 4.79 Å². The fraction of sp³-hybridized carbons (Fsp3) is 0.455. The summed E-state index contributed by atoms with van der Waals surface area (Å²) >= 11 is 0. The lowest BCUT2D eigenvalue weighted by atomic mass is 9.68. The van der Waals surface area contributed by atoms with Crippen molar-refractivity contribution in [3.63, 3.8) is 0 Å². The van der Waals surface area contributed by atoms with Gasteiger partial charge >= 0.3 is 6.03 Å². The van der Waals surface area contributed by atoms with E-state index in [1.807, 2.05) is 18.0 Å². The van der Waals surface area contributed by atoms with Crippen LogP contribution in [0.2, 0.25) is 0 Å². The second-order valence-electron chi connectivity index (χ2n) is 7.93. The smallest absolute Gasteiger partial charge is 0.322 e. The summed E-state index contributed by atoms with van der Waals surface area (Å²) in [6, 6.07) is 14.4. The zero-order valence-corrected chi connectivity index (χ0v) is 16.5. The quantitative estimate of drug-likeness (QED) is 0.836. The first-order valence-corrected chi connectivity index (χ1v) is 9.93. The fourth-order valence-electron chi connectivity index (χ4n) is 4.86. The maximum Gasteiger partial charge on any atom is 0.322 e. The molecule has 3 atom stereocenters. The zero-order chi connectivity index (χ0) is 19.6. The first kappa shape index (κ1) is 18.7. The van der Waals surface area contributed by atoms with E-state index in [2.05, 4.69) is 45.9 Å². The Labute approximate surface area is 166 Å². The lowest BCUT2D eigenvalue weighted by molar-refractivity contribution is 0.184. The largest absolute Gasteiger partial charge is 0.481 e. The van der Waals surface area contributed by atoms with Crippen LogP contribution in [0.25, 0.3) is 0 Å². The molecule has 1 aromatic carbocycles. The van der Waals surface area contributed by atoms with Crippen LogP contribution in [0.1, 0.15) is 30.7 Å². The van der Waals surface area contributed by atoms with Crippen LogP contribution in [-0.2, 0) is 0 Å². The van der Waals surface area contributed by atoms with Crippen LogP contribution in [0.15, 0.2) is 48.7 Å². The molecule has 2 aromatic rings. The molecule has 1 saturated heterocycles. The van der Waals surface area contributed by atoms with Gasteiger partial charge in [-0.1, -0.05) is 30.3 Å². The molecule has 1 saturated carbocycles. The molecule has 4 rings (SSSR count). The van der Waals surface area contributed by atoms with Crippen LogP contribution in [0.3, 0.4) is 0 Å². The molecule has 148 valence electrons. The van der Waals surface area contributed by atoms with Gasteiger partial charge in [-0.05, 0) is 56.3 Å². The number of carbonyl (C=O) groups is 1. The van der Waals surface area contributed by atoms with E-state index in [1.165, 1.54) is 5.56 Å². The number of hydrogen-bond donors (Lipinski definition) is 2. The van der Waals surface area contributed by atoms with Crippen LogP contribution in [0.4, 0.5) is 10.5 Å². The summed E-state index contributed by atoms with van der Waals surface area (Å²) in [4.78, 5) is 18.8. The third kappa shape index (κ3) is 3.56. The number of pyridine rings is 1.